The summed E-state index contributed by atoms with van der Waals surface area (Å²) in [5, 5.41) is 0. The van der Waals surface area contributed by atoms with Crippen LogP contribution in [0, 0.1) is 0 Å². The van der Waals surface area contributed by atoms with Crippen molar-refractivity contribution in [2.75, 3.05) is 24.7 Å². The van der Waals surface area contributed by atoms with E-state index in [2.05, 4.69) is 15.6 Å². The summed E-state index contributed by atoms with van der Waals surface area (Å²) in [5.74, 6) is -1.39. The van der Waals surface area contributed by atoms with Crippen LogP contribution in [0.15, 0.2) is 0 Å². The van der Waals surface area contributed by atoms with Crippen LogP contribution in [0.3, 0.4) is 0 Å². The molecule has 0 aliphatic heterocycles. The van der Waals surface area contributed by atoms with E-state index in [4.69, 9.17) is 0 Å². The topological polar surface area (TPSA) is 173 Å². The molecule has 0 aromatic heterocycles. The van der Waals surface area contributed by atoms with Crippen molar-refractivity contribution in [2.45, 2.75) is 33.1 Å². The summed E-state index contributed by atoms with van der Waals surface area (Å²) in [6.45, 7) is 2.03. The molecule has 152 valence electrons. The van der Waals surface area contributed by atoms with Gasteiger partial charge in [0.1, 0.15) is 0 Å². The van der Waals surface area contributed by atoms with Crippen molar-refractivity contribution in [3.8, 4) is 0 Å². The molecule has 0 rings (SSSR count). The van der Waals surface area contributed by atoms with Crippen molar-refractivity contribution >= 4 is 41.0 Å². The van der Waals surface area contributed by atoms with Crippen LogP contribution in [-0.2, 0) is 56.7 Å². The van der Waals surface area contributed by atoms with Gasteiger partial charge in [0.2, 0.25) is 0 Å². The van der Waals surface area contributed by atoms with Crippen molar-refractivity contribution < 1.29 is 49.3 Å². The fourth-order valence-electron chi connectivity index (χ4n) is 1.38. The lowest BCUT2D eigenvalue weighted by molar-refractivity contribution is 0.287. The zero-order valence-corrected chi connectivity index (χ0v) is 16.7. The normalized spacial score (nSPS) is 13.8. The first-order valence-corrected chi connectivity index (χ1v) is 12.7. The molecule has 12 nitrogen and oxygen atoms in total. The van der Waals surface area contributed by atoms with Gasteiger partial charge in [-0.2, -0.15) is 33.7 Å². The van der Waals surface area contributed by atoms with E-state index in [0.717, 1.165) is 0 Å². The van der Waals surface area contributed by atoms with Gasteiger partial charge in [0.15, 0.2) is 0 Å². The summed E-state index contributed by atoms with van der Waals surface area (Å²) >= 11 is 0. The van der Waals surface area contributed by atoms with E-state index < -0.39 is 52.5 Å². The molecular formula is C9H20O12S4. The van der Waals surface area contributed by atoms with Crippen LogP contribution in [0.25, 0.3) is 0 Å². The van der Waals surface area contributed by atoms with Gasteiger partial charge in [-0.15, -0.1) is 7.26 Å². The fourth-order valence-corrected chi connectivity index (χ4v) is 5.97. The van der Waals surface area contributed by atoms with Crippen LogP contribution in [0.5, 0.6) is 0 Å². The Morgan fingerprint density at radius 1 is 0.560 bits per heavy atom. The highest BCUT2D eigenvalue weighted by Gasteiger charge is 2.24. The monoisotopic (exact) mass is 448 g/mol. The summed E-state index contributed by atoms with van der Waals surface area (Å²) in [6, 6.07) is 0. The molecule has 16 heteroatoms. The van der Waals surface area contributed by atoms with Gasteiger partial charge in [0.05, 0.1) is 24.7 Å². The molecule has 0 atom stereocenters. The van der Waals surface area contributed by atoms with Gasteiger partial charge in [0, 0.05) is 0 Å². The van der Waals surface area contributed by atoms with Crippen molar-refractivity contribution in [1.29, 1.82) is 0 Å². The van der Waals surface area contributed by atoms with Crippen molar-refractivity contribution in [3.63, 3.8) is 0 Å². The second-order valence-corrected chi connectivity index (χ2v) is 10.6. The van der Waals surface area contributed by atoms with Crippen molar-refractivity contribution in [2.24, 2.45) is 0 Å². The van der Waals surface area contributed by atoms with E-state index in [9.17, 15) is 33.7 Å². The van der Waals surface area contributed by atoms with Gasteiger partial charge in [-0.1, -0.05) is 6.42 Å². The number of unbranched alkanes of at least 4 members (excludes halogenated alkanes) is 2. The molecule has 25 heavy (non-hydrogen) atoms. The average molecular weight is 449 g/mol. The Kier molecular flexibility index (Phi) is 9.95. The van der Waals surface area contributed by atoms with Gasteiger partial charge in [0.25, 0.3) is 20.2 Å². The summed E-state index contributed by atoms with van der Waals surface area (Å²) in [5.41, 5.74) is 0. The third-order valence-corrected chi connectivity index (χ3v) is 7.81. The minimum absolute atomic E-state index is 0.0224. The minimum Gasteiger partial charge on any atom is -0.248 e. The van der Waals surface area contributed by atoms with E-state index in [1.54, 1.807) is 0 Å². The highest BCUT2D eigenvalue weighted by molar-refractivity contribution is 7.98. The molecule has 0 saturated carbocycles. The largest absolute Gasteiger partial charge is 0.414 e. The second-order valence-electron chi connectivity index (χ2n) is 4.35. The molecule has 0 bridgehead atoms. The first kappa shape index (κ1) is 24.6. The van der Waals surface area contributed by atoms with E-state index in [0.29, 0.717) is 0 Å². The van der Waals surface area contributed by atoms with Crippen LogP contribution in [0.4, 0.5) is 0 Å². The van der Waals surface area contributed by atoms with Crippen LogP contribution in [0.1, 0.15) is 33.1 Å². The van der Waals surface area contributed by atoms with Crippen LogP contribution in [0.2, 0.25) is 0 Å². The van der Waals surface area contributed by atoms with E-state index >= 15 is 0 Å². The van der Waals surface area contributed by atoms with Crippen molar-refractivity contribution in [3.05, 3.63) is 0 Å². The molecular weight excluding hydrogens is 428 g/mol. The predicted molar refractivity (Wildman–Crippen MR) is 84.7 cm³/mol. The molecule has 0 amide bonds. The maximum Gasteiger partial charge on any atom is 0.414 e. The standard InChI is InChI=1S/C9H20O12S4/c1-3-18-24(14,15)20-22(10,11)8-6-5-7-9-23(12,13)21-25(16,17)19-4-2/h3-9H2,1-2H3. The van der Waals surface area contributed by atoms with Gasteiger partial charge >= 0.3 is 20.8 Å². The summed E-state index contributed by atoms with van der Waals surface area (Å²) in [4.78, 5) is 0. The Morgan fingerprint density at radius 2 is 0.880 bits per heavy atom. The van der Waals surface area contributed by atoms with Gasteiger partial charge < -0.3 is 0 Å². The van der Waals surface area contributed by atoms with Gasteiger partial charge in [-0.05, 0) is 26.7 Å². The number of rotatable bonds is 14. The molecule has 0 aliphatic carbocycles. The highest BCUT2D eigenvalue weighted by atomic mass is 32.3. The molecule has 0 aromatic rings. The highest BCUT2D eigenvalue weighted by Crippen LogP contribution is 2.10. The molecule has 0 spiro atoms. The molecule has 0 unspecified atom stereocenters. The zero-order valence-electron chi connectivity index (χ0n) is 13.5. The molecule has 0 radical (unpaired) electrons. The second kappa shape index (κ2) is 10.1. The van der Waals surface area contributed by atoms with Gasteiger partial charge in [-0.25, -0.2) is 8.37 Å². The molecule has 0 saturated heterocycles. The van der Waals surface area contributed by atoms with E-state index in [1.165, 1.54) is 13.8 Å². The maximum absolute atomic E-state index is 11.4. The lowest BCUT2D eigenvalue weighted by atomic mass is 10.3. The maximum atomic E-state index is 11.4. The molecule has 0 fully saturated rings. The lowest BCUT2D eigenvalue weighted by Gasteiger charge is -2.06. The smallest absolute Gasteiger partial charge is 0.248 e. The summed E-state index contributed by atoms with van der Waals surface area (Å²) in [6.07, 6.45) is -0.232. The van der Waals surface area contributed by atoms with E-state index in [-0.39, 0.29) is 32.5 Å². The summed E-state index contributed by atoms with van der Waals surface area (Å²) in [7, 11) is -18.2. The Morgan fingerprint density at radius 3 is 1.16 bits per heavy atom. The SMILES string of the molecule is CCOS(=O)(=O)OS(=O)(=O)CCCCCS(=O)(=O)OS(=O)(=O)OCC. The fraction of sp³-hybridized carbons (Fsp3) is 1.00. The third-order valence-electron chi connectivity index (χ3n) is 2.19. The quantitative estimate of drug-likeness (QED) is 0.309. The first-order chi connectivity index (χ1) is 11.2. The lowest BCUT2D eigenvalue weighted by Crippen LogP contribution is -2.19. The van der Waals surface area contributed by atoms with Crippen molar-refractivity contribution in [1.82, 2.24) is 0 Å². The Labute approximate surface area is 148 Å². The van der Waals surface area contributed by atoms with E-state index in [1.807, 2.05) is 0 Å². The Bertz CT molecular complexity index is 736. The van der Waals surface area contributed by atoms with Crippen LogP contribution < -0.4 is 0 Å². The number of hydrogen-bond acceptors (Lipinski definition) is 12. The predicted octanol–water partition coefficient (Wildman–Crippen LogP) is -0.588. The zero-order chi connectivity index (χ0) is 19.8. The third kappa shape index (κ3) is 12.6. The average Bonchev–Trinajstić information content (AvgIpc) is 2.34. The summed E-state index contributed by atoms with van der Waals surface area (Å²) < 4.78 is 106. The molecule has 0 aliphatic rings. The number of hydrogen-bond donors (Lipinski definition) is 0. The first-order valence-electron chi connectivity index (χ1n) is 6.90. The Hall–Kier alpha value is -0.360. The molecule has 0 aromatic carbocycles. The minimum atomic E-state index is -4.67. The van der Waals surface area contributed by atoms with Crippen LogP contribution >= 0.6 is 0 Å². The van der Waals surface area contributed by atoms with Gasteiger partial charge in [-0.3, -0.25) is 0 Å². The molecule has 0 heterocycles. The van der Waals surface area contributed by atoms with Crippen LogP contribution in [-0.4, -0.2) is 58.4 Å². The molecule has 0 N–H and O–H groups in total. The Balaban J connectivity index is 4.33.